The topological polar surface area (TPSA) is 77.2 Å². The smallest absolute Gasteiger partial charge is 0.217 e. The van der Waals surface area contributed by atoms with Crippen molar-refractivity contribution in [1.82, 2.24) is 10.3 Å². The van der Waals surface area contributed by atoms with Crippen LogP contribution < -0.4 is 15.8 Å². The molecule has 1 aromatic heterocycles. The molecule has 1 heterocycles. The predicted molar refractivity (Wildman–Crippen MR) is 99.7 cm³/mol. The number of carbonyl (C=O) groups is 1. The summed E-state index contributed by atoms with van der Waals surface area (Å²) in [6, 6.07) is 4.19. The maximum Gasteiger partial charge on any atom is 0.217 e. The zero-order chi connectivity index (χ0) is 19.3. The average molecular weight is 396 g/mol. The summed E-state index contributed by atoms with van der Waals surface area (Å²) in [4.78, 5) is 14.8. The van der Waals surface area contributed by atoms with Crippen LogP contribution >= 0.6 is 23.2 Å². The Kier molecular flexibility index (Phi) is 6.67. The highest BCUT2D eigenvalue weighted by molar-refractivity contribution is 6.36. The molecule has 1 aromatic carbocycles. The molecule has 2 aromatic rings. The number of anilines is 1. The molecular formula is C18H16Cl2FN3O2. The molecule has 1 amide bonds. The van der Waals surface area contributed by atoms with Gasteiger partial charge in [0.1, 0.15) is 11.9 Å². The number of halogens is 3. The van der Waals surface area contributed by atoms with Crippen LogP contribution in [-0.2, 0) is 4.79 Å². The summed E-state index contributed by atoms with van der Waals surface area (Å²) < 4.78 is 19.5. The summed E-state index contributed by atoms with van der Waals surface area (Å²) in [5.41, 5.74) is 6.69. The molecule has 0 saturated carbocycles. The molecule has 3 N–H and O–H groups in total. The number of nitrogens with two attached hydrogens (primary N) is 1. The lowest BCUT2D eigenvalue weighted by Crippen LogP contribution is -2.19. The molecule has 0 radical (unpaired) electrons. The number of carbonyl (C=O) groups excluding carboxylic acids is 1. The number of aromatic nitrogens is 1. The minimum Gasteiger partial charge on any atom is -0.482 e. The fourth-order valence-electron chi connectivity index (χ4n) is 2.10. The molecule has 1 atom stereocenters. The molecule has 0 saturated heterocycles. The van der Waals surface area contributed by atoms with E-state index in [1.54, 1.807) is 13.0 Å². The fourth-order valence-corrected chi connectivity index (χ4v) is 2.78. The van der Waals surface area contributed by atoms with Gasteiger partial charge in [0.05, 0.1) is 11.6 Å². The zero-order valence-corrected chi connectivity index (χ0v) is 15.6. The third kappa shape index (κ3) is 5.01. The van der Waals surface area contributed by atoms with E-state index < -0.39 is 11.9 Å². The minimum absolute atomic E-state index is 0.109. The Morgan fingerprint density at radius 3 is 2.88 bits per heavy atom. The molecule has 0 fully saturated rings. The van der Waals surface area contributed by atoms with Gasteiger partial charge in [-0.15, -0.1) is 0 Å². The van der Waals surface area contributed by atoms with Gasteiger partial charge in [-0.05, 0) is 19.1 Å². The van der Waals surface area contributed by atoms with Crippen LogP contribution in [0.15, 0.2) is 24.4 Å². The normalized spacial score (nSPS) is 11.3. The standard InChI is InChI=1S/C18H16Cl2FN3O2/c1-10(16-13(19)5-6-14(21)17(16)20)26-15-8-12(9-24-18(15)22)4-3-7-23-11(2)25/h5-6,8-10H,7H2,1-2H3,(H2,22,24)(H,23,25). The fraction of sp³-hybridized carbons (Fsp3) is 0.222. The Morgan fingerprint density at radius 2 is 2.19 bits per heavy atom. The number of nitrogens with zero attached hydrogens (tertiary/aromatic N) is 1. The van der Waals surface area contributed by atoms with E-state index in [2.05, 4.69) is 22.1 Å². The Morgan fingerprint density at radius 1 is 1.46 bits per heavy atom. The molecular weight excluding hydrogens is 380 g/mol. The van der Waals surface area contributed by atoms with Crippen LogP contribution in [0.1, 0.15) is 31.1 Å². The minimum atomic E-state index is -0.669. The van der Waals surface area contributed by atoms with Crippen molar-refractivity contribution in [2.24, 2.45) is 0 Å². The van der Waals surface area contributed by atoms with Gasteiger partial charge in [0.2, 0.25) is 5.91 Å². The lowest BCUT2D eigenvalue weighted by molar-refractivity contribution is -0.118. The number of hydrogen-bond donors (Lipinski definition) is 2. The zero-order valence-electron chi connectivity index (χ0n) is 14.1. The van der Waals surface area contributed by atoms with Gasteiger partial charge in [-0.3, -0.25) is 4.79 Å². The van der Waals surface area contributed by atoms with Crippen LogP contribution in [0.2, 0.25) is 10.0 Å². The summed E-state index contributed by atoms with van der Waals surface area (Å²) in [6.07, 6.45) is 0.813. The first-order chi connectivity index (χ1) is 12.3. The van der Waals surface area contributed by atoms with Crippen molar-refractivity contribution < 1.29 is 13.9 Å². The quantitative estimate of drug-likeness (QED) is 0.610. The monoisotopic (exact) mass is 395 g/mol. The van der Waals surface area contributed by atoms with E-state index in [1.165, 1.54) is 25.3 Å². The molecule has 5 nitrogen and oxygen atoms in total. The first-order valence-electron chi connectivity index (χ1n) is 7.58. The first kappa shape index (κ1) is 19.8. The molecule has 0 spiro atoms. The van der Waals surface area contributed by atoms with E-state index in [4.69, 9.17) is 33.7 Å². The maximum atomic E-state index is 13.7. The van der Waals surface area contributed by atoms with Crippen molar-refractivity contribution in [3.8, 4) is 17.6 Å². The molecule has 136 valence electrons. The second-order valence-electron chi connectivity index (χ2n) is 5.34. The van der Waals surface area contributed by atoms with Gasteiger partial charge in [0, 0.05) is 35.3 Å². The van der Waals surface area contributed by atoms with E-state index >= 15 is 0 Å². The van der Waals surface area contributed by atoms with Crippen LogP contribution in [0.3, 0.4) is 0 Å². The van der Waals surface area contributed by atoms with Gasteiger partial charge in [0.25, 0.3) is 0 Å². The van der Waals surface area contributed by atoms with E-state index in [-0.39, 0.29) is 34.1 Å². The van der Waals surface area contributed by atoms with Gasteiger partial charge in [-0.25, -0.2) is 9.37 Å². The van der Waals surface area contributed by atoms with E-state index in [0.29, 0.717) is 11.1 Å². The van der Waals surface area contributed by atoms with Crippen molar-refractivity contribution in [2.75, 3.05) is 12.3 Å². The Bertz CT molecular complexity index is 894. The average Bonchev–Trinajstić information content (AvgIpc) is 2.58. The molecule has 0 bridgehead atoms. The SMILES string of the molecule is CC(=O)NCC#Cc1cnc(N)c(OC(C)c2c(Cl)ccc(F)c2Cl)c1. The van der Waals surface area contributed by atoms with Crippen molar-refractivity contribution in [3.63, 3.8) is 0 Å². The highest BCUT2D eigenvalue weighted by Crippen LogP contribution is 2.35. The lowest BCUT2D eigenvalue weighted by atomic mass is 10.1. The summed E-state index contributed by atoms with van der Waals surface area (Å²) in [7, 11) is 0. The molecule has 0 aliphatic heterocycles. The third-order valence-electron chi connectivity index (χ3n) is 3.33. The largest absolute Gasteiger partial charge is 0.482 e. The van der Waals surface area contributed by atoms with Crippen LogP contribution in [0.5, 0.6) is 5.75 Å². The Labute approximate surface area is 160 Å². The predicted octanol–water partition coefficient (Wildman–Crippen LogP) is 3.74. The number of amides is 1. The number of rotatable bonds is 4. The summed E-state index contributed by atoms with van der Waals surface area (Å²) in [5.74, 6) is 5.27. The number of nitrogen functional groups attached to an aromatic ring is 1. The van der Waals surface area contributed by atoms with E-state index in [1.807, 2.05) is 0 Å². The van der Waals surface area contributed by atoms with E-state index in [0.717, 1.165) is 0 Å². The van der Waals surface area contributed by atoms with Gasteiger partial charge in [0.15, 0.2) is 11.6 Å². The lowest BCUT2D eigenvalue weighted by Gasteiger charge is -2.18. The summed E-state index contributed by atoms with van der Waals surface area (Å²) in [5, 5.41) is 2.73. The van der Waals surface area contributed by atoms with Crippen LogP contribution in [-0.4, -0.2) is 17.4 Å². The van der Waals surface area contributed by atoms with E-state index in [9.17, 15) is 9.18 Å². The first-order valence-corrected chi connectivity index (χ1v) is 8.34. The Hall–Kier alpha value is -2.49. The number of benzene rings is 1. The van der Waals surface area contributed by atoms with Crippen molar-refractivity contribution in [3.05, 3.63) is 51.4 Å². The summed E-state index contributed by atoms with van der Waals surface area (Å²) in [6.45, 7) is 3.28. The molecule has 2 rings (SSSR count). The molecule has 0 aliphatic rings. The molecule has 1 unspecified atom stereocenters. The number of ether oxygens (including phenoxy) is 1. The third-order valence-corrected chi connectivity index (χ3v) is 4.04. The van der Waals surface area contributed by atoms with Crippen molar-refractivity contribution >= 4 is 34.9 Å². The van der Waals surface area contributed by atoms with Gasteiger partial charge >= 0.3 is 0 Å². The molecule has 26 heavy (non-hydrogen) atoms. The van der Waals surface area contributed by atoms with Crippen molar-refractivity contribution in [2.45, 2.75) is 20.0 Å². The summed E-state index contributed by atoms with van der Waals surface area (Å²) >= 11 is 12.1. The second kappa shape index (κ2) is 8.75. The number of hydrogen-bond acceptors (Lipinski definition) is 4. The van der Waals surface area contributed by atoms with Crippen LogP contribution in [0.4, 0.5) is 10.2 Å². The molecule has 0 aliphatic carbocycles. The van der Waals surface area contributed by atoms with Gasteiger partial charge < -0.3 is 15.8 Å². The van der Waals surface area contributed by atoms with Crippen LogP contribution in [0.25, 0.3) is 0 Å². The van der Waals surface area contributed by atoms with Crippen LogP contribution in [0, 0.1) is 17.7 Å². The highest BCUT2D eigenvalue weighted by Gasteiger charge is 2.19. The number of nitrogens with one attached hydrogen (secondary N) is 1. The second-order valence-corrected chi connectivity index (χ2v) is 6.12. The maximum absolute atomic E-state index is 13.7. The van der Waals surface area contributed by atoms with Crippen molar-refractivity contribution in [1.29, 1.82) is 0 Å². The van der Waals surface area contributed by atoms with Gasteiger partial charge in [-0.2, -0.15) is 0 Å². The van der Waals surface area contributed by atoms with Gasteiger partial charge in [-0.1, -0.05) is 35.0 Å². The Balaban J connectivity index is 2.23. The highest BCUT2D eigenvalue weighted by atomic mass is 35.5. The molecule has 8 heteroatoms. The number of pyridine rings is 1.